The molecule has 0 N–H and O–H groups in total. The molecule has 0 unspecified atom stereocenters. The molecule has 128 valence electrons. The molecule has 1 amide bonds. The van der Waals surface area contributed by atoms with E-state index in [1.54, 1.807) is 6.07 Å². The van der Waals surface area contributed by atoms with Gasteiger partial charge >= 0.3 is 0 Å². The first-order chi connectivity index (χ1) is 10.9. The van der Waals surface area contributed by atoms with Crippen LogP contribution >= 0.6 is 0 Å². The normalized spacial score (nSPS) is 14.4. The minimum atomic E-state index is -0.371. The van der Waals surface area contributed by atoms with Crippen LogP contribution in [0.1, 0.15) is 32.3 Å². The fraction of sp³-hybridized carbons (Fsp3) is 0.611. The minimum Gasteiger partial charge on any atom is -0.494 e. The highest BCUT2D eigenvalue weighted by atomic mass is 19.1. The summed E-state index contributed by atoms with van der Waals surface area (Å²) < 4.78 is 18.7. The maximum atomic E-state index is 13.7. The molecule has 0 aromatic heterocycles. The van der Waals surface area contributed by atoms with E-state index >= 15 is 0 Å². The van der Waals surface area contributed by atoms with E-state index in [2.05, 4.69) is 13.8 Å². The molecule has 1 aromatic rings. The van der Waals surface area contributed by atoms with E-state index in [9.17, 15) is 9.18 Å². The Balaban J connectivity index is 1.91. The third-order valence-electron chi connectivity index (χ3n) is 3.94. The number of hydrogen-bond donors (Lipinski definition) is 0. The van der Waals surface area contributed by atoms with Crippen LogP contribution in [0.2, 0.25) is 0 Å². The summed E-state index contributed by atoms with van der Waals surface area (Å²) in [5.41, 5.74) is 0.834. The molecule has 1 aliphatic carbocycles. The maximum absolute atomic E-state index is 13.7. The van der Waals surface area contributed by atoms with Crippen LogP contribution in [0.25, 0.3) is 0 Å². The van der Waals surface area contributed by atoms with Gasteiger partial charge in [-0.15, -0.1) is 0 Å². The summed E-state index contributed by atoms with van der Waals surface area (Å²) in [7, 11) is 3.34. The van der Waals surface area contributed by atoms with Gasteiger partial charge in [0.05, 0.1) is 13.7 Å². The van der Waals surface area contributed by atoms with Crippen molar-refractivity contribution in [2.75, 3.05) is 27.2 Å². The van der Waals surface area contributed by atoms with E-state index in [1.807, 2.05) is 22.9 Å². The van der Waals surface area contributed by atoms with Crippen LogP contribution in [0.15, 0.2) is 18.2 Å². The first kappa shape index (κ1) is 17.7. The Bertz CT molecular complexity index is 544. The fourth-order valence-electron chi connectivity index (χ4n) is 2.73. The Morgan fingerprint density at radius 1 is 1.39 bits per heavy atom. The molecule has 23 heavy (non-hydrogen) atoms. The van der Waals surface area contributed by atoms with Crippen LogP contribution in [0.3, 0.4) is 0 Å². The van der Waals surface area contributed by atoms with Crippen molar-refractivity contribution in [1.29, 1.82) is 0 Å². The summed E-state index contributed by atoms with van der Waals surface area (Å²) in [5, 5.41) is 0. The molecule has 0 heterocycles. The summed E-state index contributed by atoms with van der Waals surface area (Å²) in [6.45, 7) is 5.97. The molecule has 2 rings (SSSR count). The van der Waals surface area contributed by atoms with Crippen molar-refractivity contribution >= 4 is 5.91 Å². The number of benzene rings is 1. The van der Waals surface area contributed by atoms with Gasteiger partial charge in [-0.2, -0.15) is 0 Å². The van der Waals surface area contributed by atoms with E-state index in [0.29, 0.717) is 25.0 Å². The summed E-state index contributed by atoms with van der Waals surface area (Å²) in [5.74, 6) is 0.506. The number of carbonyl (C=O) groups is 1. The van der Waals surface area contributed by atoms with Crippen LogP contribution in [0.5, 0.6) is 5.75 Å². The Morgan fingerprint density at radius 3 is 2.61 bits per heavy atom. The topological polar surface area (TPSA) is 32.8 Å². The lowest BCUT2D eigenvalue weighted by Crippen LogP contribution is -2.42. The summed E-state index contributed by atoms with van der Waals surface area (Å²) >= 11 is 0. The van der Waals surface area contributed by atoms with Gasteiger partial charge < -0.3 is 9.64 Å². The first-order valence-electron chi connectivity index (χ1n) is 8.21. The average molecular weight is 322 g/mol. The molecule has 0 radical (unpaired) electrons. The van der Waals surface area contributed by atoms with Crippen LogP contribution < -0.4 is 4.74 Å². The summed E-state index contributed by atoms with van der Waals surface area (Å²) in [4.78, 5) is 16.5. The van der Waals surface area contributed by atoms with Crippen LogP contribution in [-0.2, 0) is 11.3 Å². The second-order valence-corrected chi connectivity index (χ2v) is 6.81. The first-order valence-corrected chi connectivity index (χ1v) is 8.21. The highest BCUT2D eigenvalue weighted by molar-refractivity contribution is 5.79. The molecule has 0 saturated heterocycles. The lowest BCUT2D eigenvalue weighted by atomic mass is 10.2. The molecular formula is C18H27FN2O2. The second kappa shape index (κ2) is 7.77. The Morgan fingerprint density at radius 2 is 2.09 bits per heavy atom. The largest absolute Gasteiger partial charge is 0.494 e. The number of nitrogens with zero attached hydrogens (tertiary/aromatic N) is 2. The number of hydrogen-bond acceptors (Lipinski definition) is 3. The lowest BCUT2D eigenvalue weighted by molar-refractivity contribution is -0.133. The molecule has 1 aliphatic rings. The number of rotatable bonds is 8. The second-order valence-electron chi connectivity index (χ2n) is 6.81. The molecular weight excluding hydrogens is 295 g/mol. The van der Waals surface area contributed by atoms with Gasteiger partial charge in [-0.1, -0.05) is 19.9 Å². The number of likely N-dealkylation sites (N-methyl/N-ethyl adjacent to an activating group) is 1. The number of halogens is 1. The van der Waals surface area contributed by atoms with Crippen molar-refractivity contribution in [2.45, 2.75) is 39.3 Å². The van der Waals surface area contributed by atoms with E-state index < -0.39 is 0 Å². The van der Waals surface area contributed by atoms with Gasteiger partial charge in [0, 0.05) is 19.1 Å². The molecule has 1 fully saturated rings. The minimum absolute atomic E-state index is 0.165. The molecule has 5 heteroatoms. The van der Waals surface area contributed by atoms with Gasteiger partial charge in [0.15, 0.2) is 11.6 Å². The highest BCUT2D eigenvalue weighted by Crippen LogP contribution is 2.27. The predicted octanol–water partition coefficient (Wildman–Crippen LogP) is 2.91. The van der Waals surface area contributed by atoms with Gasteiger partial charge in [-0.25, -0.2) is 4.39 Å². The molecule has 1 aromatic carbocycles. The zero-order chi connectivity index (χ0) is 17.0. The Hall–Kier alpha value is -1.62. The van der Waals surface area contributed by atoms with Crippen molar-refractivity contribution < 1.29 is 13.9 Å². The number of methoxy groups -OCH3 is 1. The molecule has 0 atom stereocenters. The quantitative estimate of drug-likeness (QED) is 0.738. The highest BCUT2D eigenvalue weighted by Gasteiger charge is 2.32. The number of ether oxygens (including phenoxy) is 1. The van der Waals surface area contributed by atoms with Crippen LogP contribution in [0, 0.1) is 11.7 Å². The van der Waals surface area contributed by atoms with E-state index in [1.165, 1.54) is 13.2 Å². The third kappa shape index (κ3) is 5.20. The molecule has 4 nitrogen and oxygen atoms in total. The van der Waals surface area contributed by atoms with Gasteiger partial charge in [-0.3, -0.25) is 9.69 Å². The zero-order valence-corrected chi connectivity index (χ0v) is 14.5. The maximum Gasteiger partial charge on any atom is 0.237 e. The standard InChI is InChI=1S/C18H27FN2O2/c1-13(2)10-21(15-6-7-15)18(22)12-20(3)11-14-5-8-17(23-4)16(19)9-14/h5,8-9,13,15H,6-7,10-12H2,1-4H3. The van der Waals surface area contributed by atoms with E-state index in [-0.39, 0.29) is 17.5 Å². The molecule has 1 saturated carbocycles. The van der Waals surface area contributed by atoms with Gasteiger partial charge in [0.1, 0.15) is 0 Å². The van der Waals surface area contributed by atoms with Crippen molar-refractivity contribution in [3.63, 3.8) is 0 Å². The van der Waals surface area contributed by atoms with E-state index in [4.69, 9.17) is 4.74 Å². The van der Waals surface area contributed by atoms with Crippen LogP contribution in [-0.4, -0.2) is 49.0 Å². The van der Waals surface area contributed by atoms with Crippen molar-refractivity contribution in [3.8, 4) is 5.75 Å². The predicted molar refractivity (Wildman–Crippen MR) is 88.9 cm³/mol. The molecule has 0 aliphatic heterocycles. The van der Waals surface area contributed by atoms with Crippen molar-refractivity contribution in [1.82, 2.24) is 9.80 Å². The Kier molecular flexibility index (Phi) is 5.99. The summed E-state index contributed by atoms with van der Waals surface area (Å²) in [6, 6.07) is 5.34. The number of carbonyl (C=O) groups excluding carboxylic acids is 1. The van der Waals surface area contributed by atoms with E-state index in [0.717, 1.165) is 24.9 Å². The Labute approximate surface area is 138 Å². The SMILES string of the molecule is COc1ccc(CN(C)CC(=O)N(CC(C)C)C2CC2)cc1F. The van der Waals surface area contributed by atoms with Gasteiger partial charge in [0.2, 0.25) is 5.91 Å². The van der Waals surface area contributed by atoms with Crippen molar-refractivity contribution in [3.05, 3.63) is 29.6 Å². The molecule has 0 spiro atoms. The average Bonchev–Trinajstić information content (AvgIpc) is 3.29. The summed E-state index contributed by atoms with van der Waals surface area (Å²) in [6.07, 6.45) is 2.23. The fourth-order valence-corrected chi connectivity index (χ4v) is 2.73. The smallest absolute Gasteiger partial charge is 0.237 e. The monoisotopic (exact) mass is 322 g/mol. The number of amides is 1. The van der Waals surface area contributed by atoms with Crippen molar-refractivity contribution in [2.24, 2.45) is 5.92 Å². The van der Waals surface area contributed by atoms with Gasteiger partial charge in [0.25, 0.3) is 0 Å². The van der Waals surface area contributed by atoms with Crippen LogP contribution in [0.4, 0.5) is 4.39 Å². The zero-order valence-electron chi connectivity index (χ0n) is 14.5. The van der Waals surface area contributed by atoms with Gasteiger partial charge in [-0.05, 0) is 43.5 Å². The third-order valence-corrected chi connectivity index (χ3v) is 3.94. The lowest BCUT2D eigenvalue weighted by Gasteiger charge is -2.27. The molecule has 0 bridgehead atoms.